The summed E-state index contributed by atoms with van der Waals surface area (Å²) in [5, 5.41) is 18.2. The highest BCUT2D eigenvalue weighted by Crippen LogP contribution is 2.19. The molecule has 2 unspecified atom stereocenters. The molecule has 0 saturated carbocycles. The summed E-state index contributed by atoms with van der Waals surface area (Å²) in [7, 11) is -3.37. The van der Waals surface area contributed by atoms with E-state index in [1.54, 1.807) is 24.3 Å². The van der Waals surface area contributed by atoms with E-state index in [-0.39, 0.29) is 6.42 Å². The van der Waals surface area contributed by atoms with Crippen LogP contribution < -0.4 is 4.72 Å². The quantitative estimate of drug-likeness (QED) is 0.672. The van der Waals surface area contributed by atoms with Gasteiger partial charge in [0.05, 0.1) is 19.0 Å². The van der Waals surface area contributed by atoms with E-state index in [1.165, 1.54) is 0 Å². The van der Waals surface area contributed by atoms with Gasteiger partial charge in [-0.25, -0.2) is 13.1 Å². The Morgan fingerprint density at radius 2 is 1.88 bits per heavy atom. The fourth-order valence-corrected chi connectivity index (χ4v) is 2.29. The van der Waals surface area contributed by atoms with Crippen molar-refractivity contribution in [3.8, 4) is 0 Å². The number of aliphatic hydroxyl groups excluding tert-OH is 2. The van der Waals surface area contributed by atoms with Gasteiger partial charge in [-0.2, -0.15) is 0 Å². The van der Waals surface area contributed by atoms with Crippen molar-refractivity contribution >= 4 is 10.0 Å². The molecule has 0 spiro atoms. The lowest BCUT2D eigenvalue weighted by atomic mass is 10.0. The lowest BCUT2D eigenvalue weighted by Gasteiger charge is -2.20. The third-order valence-corrected chi connectivity index (χ3v) is 2.99. The molecule has 6 heteroatoms. The van der Waals surface area contributed by atoms with E-state index in [9.17, 15) is 13.5 Å². The van der Waals surface area contributed by atoms with E-state index in [2.05, 4.69) is 4.72 Å². The molecule has 1 rings (SSSR count). The monoisotopic (exact) mass is 259 g/mol. The molecule has 0 aromatic heterocycles. The maximum Gasteiger partial charge on any atom is 0.209 e. The van der Waals surface area contributed by atoms with Crippen molar-refractivity contribution in [2.75, 3.05) is 12.9 Å². The van der Waals surface area contributed by atoms with E-state index in [1.807, 2.05) is 6.07 Å². The maximum absolute atomic E-state index is 11.2. The summed E-state index contributed by atoms with van der Waals surface area (Å²) in [5.41, 5.74) is 0.755. The van der Waals surface area contributed by atoms with Crippen molar-refractivity contribution in [2.24, 2.45) is 0 Å². The lowest BCUT2D eigenvalue weighted by Crippen LogP contribution is -2.31. The average molecular weight is 259 g/mol. The first-order chi connectivity index (χ1) is 7.92. The molecular formula is C11H17NO4S. The van der Waals surface area contributed by atoms with Crippen LogP contribution in [0.5, 0.6) is 0 Å². The topological polar surface area (TPSA) is 86.6 Å². The van der Waals surface area contributed by atoms with E-state index >= 15 is 0 Å². The van der Waals surface area contributed by atoms with Crippen LogP contribution in [0, 0.1) is 0 Å². The SMILES string of the molecule is CS(=O)(=O)NC(CC(O)CO)c1ccccc1. The molecule has 5 nitrogen and oxygen atoms in total. The first-order valence-electron chi connectivity index (χ1n) is 5.23. The second-order valence-electron chi connectivity index (χ2n) is 3.93. The summed E-state index contributed by atoms with van der Waals surface area (Å²) in [4.78, 5) is 0. The molecule has 3 N–H and O–H groups in total. The van der Waals surface area contributed by atoms with E-state index in [0.29, 0.717) is 0 Å². The Hall–Kier alpha value is -0.950. The third kappa shape index (κ3) is 5.27. The van der Waals surface area contributed by atoms with E-state index in [0.717, 1.165) is 11.8 Å². The highest BCUT2D eigenvalue weighted by Gasteiger charge is 2.19. The number of nitrogens with one attached hydrogen (secondary N) is 1. The van der Waals surface area contributed by atoms with Gasteiger partial charge in [0.2, 0.25) is 10.0 Å². The summed E-state index contributed by atoms with van der Waals surface area (Å²) in [6, 6.07) is 8.41. The largest absolute Gasteiger partial charge is 0.394 e. The van der Waals surface area contributed by atoms with Crippen LogP contribution >= 0.6 is 0 Å². The maximum atomic E-state index is 11.2. The van der Waals surface area contributed by atoms with Gasteiger partial charge in [0.25, 0.3) is 0 Å². The highest BCUT2D eigenvalue weighted by molar-refractivity contribution is 7.88. The molecule has 0 aliphatic heterocycles. The van der Waals surface area contributed by atoms with Crippen molar-refractivity contribution in [2.45, 2.75) is 18.6 Å². The zero-order valence-corrected chi connectivity index (χ0v) is 10.4. The van der Waals surface area contributed by atoms with Gasteiger partial charge in [0.1, 0.15) is 0 Å². The number of hydrogen-bond donors (Lipinski definition) is 3. The summed E-state index contributed by atoms with van der Waals surface area (Å²) < 4.78 is 24.9. The van der Waals surface area contributed by atoms with Crippen LogP contribution in [0.15, 0.2) is 30.3 Å². The molecule has 1 aromatic carbocycles. The first kappa shape index (κ1) is 14.1. The van der Waals surface area contributed by atoms with Crippen LogP contribution in [-0.4, -0.2) is 37.6 Å². The fraction of sp³-hybridized carbons (Fsp3) is 0.455. The number of benzene rings is 1. The second kappa shape index (κ2) is 6.11. The Labute approximate surface area is 101 Å². The molecule has 0 aliphatic rings. The Kier molecular flexibility index (Phi) is 5.07. The average Bonchev–Trinajstić information content (AvgIpc) is 2.27. The van der Waals surface area contributed by atoms with Crippen LogP contribution in [0.25, 0.3) is 0 Å². The molecule has 17 heavy (non-hydrogen) atoms. The first-order valence-corrected chi connectivity index (χ1v) is 7.12. The fourth-order valence-electron chi connectivity index (χ4n) is 1.54. The summed E-state index contributed by atoms with van der Waals surface area (Å²) in [5.74, 6) is 0. The highest BCUT2D eigenvalue weighted by atomic mass is 32.2. The predicted molar refractivity (Wildman–Crippen MR) is 64.9 cm³/mol. The van der Waals surface area contributed by atoms with E-state index < -0.39 is 28.8 Å². The van der Waals surface area contributed by atoms with Gasteiger partial charge in [-0.15, -0.1) is 0 Å². The van der Waals surface area contributed by atoms with Crippen LogP contribution in [0.3, 0.4) is 0 Å². The predicted octanol–water partition coefficient (Wildman–Crippen LogP) is 0.0202. The second-order valence-corrected chi connectivity index (χ2v) is 5.71. The standard InChI is InChI=1S/C11H17NO4S/c1-17(15,16)12-11(7-10(14)8-13)9-5-3-2-4-6-9/h2-6,10-14H,7-8H2,1H3. The molecule has 0 radical (unpaired) electrons. The van der Waals surface area contributed by atoms with Crippen molar-refractivity contribution in [3.05, 3.63) is 35.9 Å². The molecule has 0 bridgehead atoms. The number of aliphatic hydroxyl groups is 2. The zero-order valence-electron chi connectivity index (χ0n) is 9.57. The molecule has 0 aliphatic carbocycles. The van der Waals surface area contributed by atoms with Crippen LogP contribution in [0.2, 0.25) is 0 Å². The van der Waals surface area contributed by atoms with Crippen LogP contribution in [-0.2, 0) is 10.0 Å². The number of sulfonamides is 1. The Balaban J connectivity index is 2.87. The minimum Gasteiger partial charge on any atom is -0.394 e. The van der Waals surface area contributed by atoms with Gasteiger partial charge in [0.15, 0.2) is 0 Å². The molecule has 1 aromatic rings. The van der Waals surface area contributed by atoms with Crippen molar-refractivity contribution < 1.29 is 18.6 Å². The van der Waals surface area contributed by atoms with Crippen molar-refractivity contribution in [3.63, 3.8) is 0 Å². The zero-order chi connectivity index (χ0) is 12.9. The van der Waals surface area contributed by atoms with Gasteiger partial charge >= 0.3 is 0 Å². The normalized spacial score (nSPS) is 15.5. The molecule has 2 atom stereocenters. The Bertz CT molecular complexity index is 432. The molecule has 0 fully saturated rings. The number of rotatable bonds is 6. The lowest BCUT2D eigenvalue weighted by molar-refractivity contribution is 0.0812. The number of hydrogen-bond acceptors (Lipinski definition) is 4. The minimum absolute atomic E-state index is 0.133. The van der Waals surface area contributed by atoms with Gasteiger partial charge < -0.3 is 10.2 Å². The van der Waals surface area contributed by atoms with E-state index in [4.69, 9.17) is 5.11 Å². The van der Waals surface area contributed by atoms with Gasteiger partial charge in [-0.05, 0) is 12.0 Å². The third-order valence-electron chi connectivity index (χ3n) is 2.28. The van der Waals surface area contributed by atoms with Gasteiger partial charge in [-0.3, -0.25) is 0 Å². The van der Waals surface area contributed by atoms with Crippen LogP contribution in [0.1, 0.15) is 18.0 Å². The molecule has 96 valence electrons. The summed E-state index contributed by atoms with van der Waals surface area (Å²) in [6.07, 6.45) is 0.247. The van der Waals surface area contributed by atoms with Crippen molar-refractivity contribution in [1.29, 1.82) is 0 Å². The Morgan fingerprint density at radius 3 is 2.35 bits per heavy atom. The smallest absolute Gasteiger partial charge is 0.209 e. The summed E-state index contributed by atoms with van der Waals surface area (Å²) >= 11 is 0. The molecule has 0 amide bonds. The van der Waals surface area contributed by atoms with Gasteiger partial charge in [0, 0.05) is 6.04 Å². The Morgan fingerprint density at radius 1 is 1.29 bits per heavy atom. The summed E-state index contributed by atoms with van der Waals surface area (Å²) in [6.45, 7) is -0.394. The minimum atomic E-state index is -3.37. The molecule has 0 heterocycles. The van der Waals surface area contributed by atoms with Crippen LogP contribution in [0.4, 0.5) is 0 Å². The molecular weight excluding hydrogens is 242 g/mol. The van der Waals surface area contributed by atoms with Crippen molar-refractivity contribution in [1.82, 2.24) is 4.72 Å². The van der Waals surface area contributed by atoms with Gasteiger partial charge in [-0.1, -0.05) is 30.3 Å². The molecule has 0 saturated heterocycles.